The molecular weight excluding hydrogens is 885 g/mol. The van der Waals surface area contributed by atoms with E-state index >= 15 is 0 Å². The lowest BCUT2D eigenvalue weighted by Gasteiger charge is -2.67. The summed E-state index contributed by atoms with van der Waals surface area (Å²) in [5.41, 5.74) is -11.2. The van der Waals surface area contributed by atoms with Crippen molar-refractivity contribution < 1.29 is 86.1 Å². The van der Waals surface area contributed by atoms with E-state index in [9.17, 15) is 48.3 Å². The van der Waals surface area contributed by atoms with E-state index in [1.807, 2.05) is 0 Å². The SMILES string of the molecule is CCC(C)C(=O)OC[C@]12[C@H](OC(C)=O)[C@H](OC(=O)c3ccc(=O)n(C)c3)[C@@H]3OC(=O)C(C)[C@H](C)c4ccncc4C(=O)OC[C@@]4(C)O[C@@]1([C@H](OC(C)=O)C4[C@@H](OC(C)=O)[C@H]2OC(C)=O)[C@@]3(C)O. The zero-order valence-corrected chi connectivity index (χ0v) is 39.0. The molecule has 0 radical (unpaired) electrons. The Hall–Kier alpha value is -6.22. The highest BCUT2D eigenvalue weighted by Gasteiger charge is 2.92. The van der Waals surface area contributed by atoms with Crippen LogP contribution < -0.4 is 5.56 Å². The molecule has 2 aromatic rings. The topological polar surface area (TPSA) is 275 Å². The zero-order chi connectivity index (χ0) is 49.7. The van der Waals surface area contributed by atoms with Crippen LogP contribution in [0.15, 0.2) is 41.6 Å². The third-order valence-corrected chi connectivity index (χ3v) is 13.7. The highest BCUT2D eigenvalue weighted by Crippen LogP contribution is 2.70. The van der Waals surface area contributed by atoms with Gasteiger partial charge in [-0.2, -0.15) is 0 Å². The van der Waals surface area contributed by atoms with Crippen molar-refractivity contribution in [3.8, 4) is 0 Å². The van der Waals surface area contributed by atoms with E-state index in [1.54, 1.807) is 13.8 Å². The van der Waals surface area contributed by atoms with Crippen LogP contribution in [0, 0.1) is 23.2 Å². The summed E-state index contributed by atoms with van der Waals surface area (Å²) in [5, 5.41) is 13.9. The van der Waals surface area contributed by atoms with Crippen LogP contribution in [0.2, 0.25) is 0 Å². The van der Waals surface area contributed by atoms with Crippen LogP contribution in [0.3, 0.4) is 0 Å². The molecule has 21 heteroatoms. The number of aromatic nitrogens is 2. The van der Waals surface area contributed by atoms with Crippen LogP contribution in [-0.4, -0.2) is 129 Å². The summed E-state index contributed by atoms with van der Waals surface area (Å²) in [5.74, 6) is -12.9. The Bertz CT molecular complexity index is 2410. The summed E-state index contributed by atoms with van der Waals surface area (Å²) in [6.45, 7) is 10.8. The maximum absolute atomic E-state index is 14.8. The fourth-order valence-corrected chi connectivity index (χ4v) is 10.3. The Labute approximate surface area is 385 Å². The van der Waals surface area contributed by atoms with Gasteiger partial charge in [0.1, 0.15) is 42.0 Å². The second-order valence-electron chi connectivity index (χ2n) is 18.2. The van der Waals surface area contributed by atoms with Gasteiger partial charge in [0.15, 0.2) is 30.0 Å². The molecule has 364 valence electrons. The van der Waals surface area contributed by atoms with Gasteiger partial charge < -0.3 is 52.3 Å². The van der Waals surface area contributed by atoms with Crippen LogP contribution in [0.25, 0.3) is 0 Å². The molecule has 6 rings (SSSR count). The van der Waals surface area contributed by atoms with Crippen molar-refractivity contribution in [2.75, 3.05) is 13.2 Å². The molecule has 2 saturated carbocycles. The second kappa shape index (κ2) is 18.5. The first-order valence-corrected chi connectivity index (χ1v) is 21.8. The van der Waals surface area contributed by atoms with E-state index < -0.39 is 149 Å². The molecule has 21 nitrogen and oxygen atoms in total. The van der Waals surface area contributed by atoms with Crippen molar-refractivity contribution >= 4 is 47.8 Å². The Balaban J connectivity index is 1.81. The monoisotopic (exact) mass is 940 g/mol. The zero-order valence-electron chi connectivity index (χ0n) is 39.0. The third-order valence-electron chi connectivity index (χ3n) is 13.7. The van der Waals surface area contributed by atoms with Crippen molar-refractivity contribution in [1.82, 2.24) is 9.55 Å². The summed E-state index contributed by atoms with van der Waals surface area (Å²) in [4.78, 5) is 128. The van der Waals surface area contributed by atoms with Crippen molar-refractivity contribution in [2.24, 2.45) is 30.2 Å². The van der Waals surface area contributed by atoms with Gasteiger partial charge in [-0.05, 0) is 43.9 Å². The predicted octanol–water partition coefficient (Wildman–Crippen LogP) is 2.05. The molecule has 0 amide bonds. The first kappa shape index (κ1) is 50.2. The smallest absolute Gasteiger partial charge is 0.340 e. The summed E-state index contributed by atoms with van der Waals surface area (Å²) in [7, 11) is 1.35. The van der Waals surface area contributed by atoms with Crippen LogP contribution in [0.1, 0.15) is 108 Å². The van der Waals surface area contributed by atoms with Gasteiger partial charge in [0.05, 0.1) is 28.9 Å². The maximum Gasteiger partial charge on any atom is 0.340 e. The van der Waals surface area contributed by atoms with E-state index in [1.165, 1.54) is 46.3 Å². The summed E-state index contributed by atoms with van der Waals surface area (Å²) >= 11 is 0. The molecule has 4 heterocycles. The lowest BCUT2D eigenvalue weighted by molar-refractivity contribution is -0.386. The van der Waals surface area contributed by atoms with Crippen LogP contribution in [0.4, 0.5) is 0 Å². The Morgan fingerprint density at radius 1 is 0.851 bits per heavy atom. The van der Waals surface area contributed by atoms with Gasteiger partial charge in [0, 0.05) is 59.4 Å². The van der Waals surface area contributed by atoms with Gasteiger partial charge >= 0.3 is 47.8 Å². The third kappa shape index (κ3) is 8.44. The maximum atomic E-state index is 14.8. The number of carbonyl (C=O) groups excluding carboxylic acids is 8. The van der Waals surface area contributed by atoms with Crippen LogP contribution >= 0.6 is 0 Å². The summed E-state index contributed by atoms with van der Waals surface area (Å²) in [6, 6.07) is 3.68. The van der Waals surface area contributed by atoms with Gasteiger partial charge in [-0.25, -0.2) is 9.59 Å². The number of aryl methyl sites for hydroxylation is 1. The molecule has 3 unspecified atom stereocenters. The number of fused-ring (bicyclic) bond motifs is 5. The molecule has 2 aliphatic heterocycles. The minimum absolute atomic E-state index is 0.0715. The normalized spacial score (nSPS) is 34.7. The number of hydrogen-bond donors (Lipinski definition) is 1. The molecule has 2 aromatic heterocycles. The van der Waals surface area contributed by atoms with Crippen molar-refractivity contribution in [2.45, 2.75) is 135 Å². The lowest BCUT2D eigenvalue weighted by atomic mass is 9.45. The Kier molecular flexibility index (Phi) is 13.8. The molecule has 14 atom stereocenters. The number of hydrogen-bond acceptors (Lipinski definition) is 20. The first-order chi connectivity index (χ1) is 31.3. The quantitative estimate of drug-likeness (QED) is 0.264. The average Bonchev–Trinajstić information content (AvgIpc) is 3.48. The number of ether oxygens (including phenoxy) is 9. The number of rotatable bonds is 10. The van der Waals surface area contributed by atoms with Gasteiger partial charge in [-0.15, -0.1) is 0 Å². The molecule has 1 spiro atoms. The highest BCUT2D eigenvalue weighted by atomic mass is 16.7. The first-order valence-electron chi connectivity index (χ1n) is 21.8. The van der Waals surface area contributed by atoms with Crippen LogP contribution in [0.5, 0.6) is 0 Å². The molecule has 0 aromatic carbocycles. The van der Waals surface area contributed by atoms with E-state index in [0.717, 1.165) is 57.5 Å². The van der Waals surface area contributed by atoms with Crippen LogP contribution in [-0.2, 0) is 78.4 Å². The lowest BCUT2D eigenvalue weighted by Crippen LogP contribution is -2.89. The van der Waals surface area contributed by atoms with E-state index in [2.05, 4.69) is 4.98 Å². The van der Waals surface area contributed by atoms with Gasteiger partial charge in [-0.3, -0.25) is 38.5 Å². The second-order valence-corrected chi connectivity index (χ2v) is 18.2. The minimum Gasteiger partial charge on any atom is -0.464 e. The molecule has 1 saturated heterocycles. The molecule has 3 fully saturated rings. The number of pyridine rings is 2. The fourth-order valence-electron chi connectivity index (χ4n) is 10.3. The largest absolute Gasteiger partial charge is 0.464 e. The molecule has 2 aliphatic carbocycles. The van der Waals surface area contributed by atoms with Crippen molar-refractivity contribution in [3.05, 3.63) is 63.8 Å². The molecule has 4 aliphatic rings. The molecule has 1 N–H and O–H groups in total. The van der Waals surface area contributed by atoms with Gasteiger partial charge in [0.2, 0.25) is 5.56 Å². The Morgan fingerprint density at radius 2 is 1.45 bits per heavy atom. The molecule has 67 heavy (non-hydrogen) atoms. The highest BCUT2D eigenvalue weighted by molar-refractivity contribution is 5.91. The minimum atomic E-state index is -2.94. The van der Waals surface area contributed by atoms with E-state index in [-0.39, 0.29) is 23.1 Å². The standard InChI is InChI=1S/C46H56N2O19/c1-12-21(2)39(54)60-20-45-37(63-26(7)51)33(61-24(5)49)32-35(62-25(6)50)46(45)44(10,58)36(34(38(45)64-27(8)52)65-41(56)28-13-14-31(53)48(11)18-28)66-40(55)23(4)22(3)29-15-16-47-17-30(29)42(57)59-19-43(32,9)67-46/h13-18,21-23,32-38,58H,12,19-20H2,1-11H3/t21?,22-,23?,32?,33+,34+,35+,36-,37+,38+,43+,44-,45-,46-/m0/s1. The summed E-state index contributed by atoms with van der Waals surface area (Å²) in [6.07, 6.45) is -8.67. The van der Waals surface area contributed by atoms with Crippen molar-refractivity contribution in [3.63, 3.8) is 0 Å². The predicted molar refractivity (Wildman–Crippen MR) is 224 cm³/mol. The average molecular weight is 941 g/mol. The Morgan fingerprint density at radius 3 is 2.03 bits per heavy atom. The van der Waals surface area contributed by atoms with Gasteiger partial charge in [0.25, 0.3) is 0 Å². The number of esters is 8. The van der Waals surface area contributed by atoms with Gasteiger partial charge in [-0.1, -0.05) is 27.7 Å². The van der Waals surface area contributed by atoms with E-state index in [0.29, 0.717) is 0 Å². The number of aliphatic hydroxyl groups is 1. The molecule has 4 bridgehead atoms. The molecular formula is C46H56N2O19. The van der Waals surface area contributed by atoms with Crippen molar-refractivity contribution in [1.29, 1.82) is 0 Å². The number of nitrogens with zero attached hydrogens (tertiary/aromatic N) is 2. The number of carbonyl (C=O) groups is 8. The summed E-state index contributed by atoms with van der Waals surface area (Å²) < 4.78 is 57.3. The fraction of sp³-hybridized carbons (Fsp3) is 0.609. The number of cyclic esters (lactones) is 1. The van der Waals surface area contributed by atoms with E-state index in [4.69, 9.17) is 42.6 Å².